The normalized spacial score (nSPS) is 11.6. The summed E-state index contributed by atoms with van der Waals surface area (Å²) in [6.45, 7) is 6.36. The number of benzene rings is 1. The van der Waals surface area contributed by atoms with Crippen LogP contribution in [0.1, 0.15) is 25.8 Å². The number of nitrogens with zero attached hydrogens (tertiary/aromatic N) is 2. The van der Waals surface area contributed by atoms with Crippen molar-refractivity contribution in [2.75, 3.05) is 11.4 Å². The molecule has 0 N–H and O–H groups in total. The predicted molar refractivity (Wildman–Crippen MR) is 68.6 cm³/mol. The maximum Gasteiger partial charge on any atom is 0.244 e. The van der Waals surface area contributed by atoms with Gasteiger partial charge in [-0.25, -0.2) is 0 Å². The molecule has 90 valence electrons. The molecule has 1 rings (SSSR count). The van der Waals surface area contributed by atoms with Crippen molar-refractivity contribution >= 4 is 11.6 Å². The quantitative estimate of drug-likeness (QED) is 0.798. The molecule has 3 nitrogen and oxygen atoms in total. The third kappa shape index (κ3) is 3.07. The summed E-state index contributed by atoms with van der Waals surface area (Å²) in [4.78, 5) is 13.8. The van der Waals surface area contributed by atoms with Crippen LogP contribution in [-0.2, 0) is 4.79 Å². The highest BCUT2D eigenvalue weighted by Gasteiger charge is 2.22. The first-order chi connectivity index (χ1) is 8.13. The highest BCUT2D eigenvalue weighted by molar-refractivity contribution is 5.96. The third-order valence-electron chi connectivity index (χ3n) is 2.79. The van der Waals surface area contributed by atoms with Crippen LogP contribution in [-0.4, -0.2) is 12.5 Å². The minimum atomic E-state index is -0.545. The second-order valence-electron chi connectivity index (χ2n) is 4.01. The molecule has 0 aliphatic carbocycles. The number of hydrogen-bond donors (Lipinski definition) is 0. The molecule has 1 amide bonds. The first-order valence-electron chi connectivity index (χ1n) is 5.91. The van der Waals surface area contributed by atoms with E-state index in [1.807, 2.05) is 45.0 Å². The lowest BCUT2D eigenvalue weighted by atomic mass is 10.1. The standard InChI is InChI=1S/C14H18N2O/c1-4-12(10-15)14(17)16(5-2)13-8-6-11(3)7-9-13/h6-9,12H,4-5H2,1-3H3. The SMILES string of the molecule is CCC(C#N)C(=O)N(CC)c1ccc(C)cc1. The fraction of sp³-hybridized carbons (Fsp3) is 0.429. The van der Waals surface area contributed by atoms with Gasteiger partial charge in [-0.2, -0.15) is 5.26 Å². The van der Waals surface area contributed by atoms with Gasteiger partial charge in [-0.3, -0.25) is 4.79 Å². The van der Waals surface area contributed by atoms with Crippen molar-refractivity contribution < 1.29 is 4.79 Å². The Labute approximate surface area is 103 Å². The van der Waals surface area contributed by atoms with Gasteiger partial charge in [0.15, 0.2) is 0 Å². The lowest BCUT2D eigenvalue weighted by molar-refractivity contribution is -0.120. The number of anilines is 1. The largest absolute Gasteiger partial charge is 0.312 e. The van der Waals surface area contributed by atoms with Crippen molar-refractivity contribution in [1.82, 2.24) is 0 Å². The summed E-state index contributed by atoms with van der Waals surface area (Å²) in [5.41, 5.74) is 2.02. The number of amides is 1. The van der Waals surface area contributed by atoms with Gasteiger partial charge >= 0.3 is 0 Å². The van der Waals surface area contributed by atoms with E-state index in [2.05, 4.69) is 6.07 Å². The van der Waals surface area contributed by atoms with E-state index in [0.29, 0.717) is 13.0 Å². The third-order valence-corrected chi connectivity index (χ3v) is 2.79. The smallest absolute Gasteiger partial charge is 0.244 e. The Morgan fingerprint density at radius 3 is 2.35 bits per heavy atom. The summed E-state index contributed by atoms with van der Waals surface area (Å²) in [6.07, 6.45) is 0.553. The number of rotatable bonds is 4. The molecular weight excluding hydrogens is 212 g/mol. The lowest BCUT2D eigenvalue weighted by Crippen LogP contribution is -2.35. The molecule has 1 aromatic rings. The maximum absolute atomic E-state index is 12.1. The zero-order valence-electron chi connectivity index (χ0n) is 10.6. The Bertz CT molecular complexity index is 417. The van der Waals surface area contributed by atoms with E-state index in [-0.39, 0.29) is 5.91 Å². The van der Waals surface area contributed by atoms with Crippen molar-refractivity contribution in [2.24, 2.45) is 5.92 Å². The Kier molecular flexibility index (Phi) is 4.71. The number of aryl methyl sites for hydroxylation is 1. The van der Waals surface area contributed by atoms with Crippen LogP contribution in [0.5, 0.6) is 0 Å². The van der Waals surface area contributed by atoms with Crippen LogP contribution < -0.4 is 4.90 Å². The van der Waals surface area contributed by atoms with E-state index in [9.17, 15) is 4.79 Å². The zero-order valence-corrected chi connectivity index (χ0v) is 10.6. The summed E-state index contributed by atoms with van der Waals surface area (Å²) >= 11 is 0. The van der Waals surface area contributed by atoms with Crippen molar-refractivity contribution in [3.63, 3.8) is 0 Å². The molecule has 0 aliphatic rings. The minimum Gasteiger partial charge on any atom is -0.312 e. The molecule has 17 heavy (non-hydrogen) atoms. The van der Waals surface area contributed by atoms with Crippen LogP contribution in [0.25, 0.3) is 0 Å². The second-order valence-corrected chi connectivity index (χ2v) is 4.01. The van der Waals surface area contributed by atoms with Gasteiger partial charge < -0.3 is 4.90 Å². The van der Waals surface area contributed by atoms with E-state index in [1.165, 1.54) is 0 Å². The fourth-order valence-electron chi connectivity index (χ4n) is 1.70. The molecule has 0 heterocycles. The molecule has 0 radical (unpaired) electrons. The van der Waals surface area contributed by atoms with Crippen LogP contribution >= 0.6 is 0 Å². The lowest BCUT2D eigenvalue weighted by Gasteiger charge is -2.23. The highest BCUT2D eigenvalue weighted by atomic mass is 16.2. The fourth-order valence-corrected chi connectivity index (χ4v) is 1.70. The summed E-state index contributed by atoms with van der Waals surface area (Å²) in [6, 6.07) is 9.83. The Morgan fingerprint density at radius 2 is 1.94 bits per heavy atom. The van der Waals surface area contributed by atoms with Crippen LogP contribution in [0.15, 0.2) is 24.3 Å². The molecule has 0 bridgehead atoms. The zero-order chi connectivity index (χ0) is 12.8. The first-order valence-corrected chi connectivity index (χ1v) is 5.91. The summed E-state index contributed by atoms with van der Waals surface area (Å²) < 4.78 is 0. The van der Waals surface area contributed by atoms with E-state index in [4.69, 9.17) is 5.26 Å². The van der Waals surface area contributed by atoms with Crippen molar-refractivity contribution in [2.45, 2.75) is 27.2 Å². The number of carbonyl (C=O) groups excluding carboxylic acids is 1. The molecule has 0 fully saturated rings. The Hall–Kier alpha value is -1.82. The molecule has 1 aromatic carbocycles. The molecular formula is C14H18N2O. The van der Waals surface area contributed by atoms with E-state index >= 15 is 0 Å². The molecule has 3 heteroatoms. The van der Waals surface area contributed by atoms with Crippen molar-refractivity contribution in [3.8, 4) is 6.07 Å². The molecule has 0 aliphatic heterocycles. The summed E-state index contributed by atoms with van der Waals surface area (Å²) in [5, 5.41) is 8.93. The molecule has 0 aromatic heterocycles. The molecule has 0 spiro atoms. The summed E-state index contributed by atoms with van der Waals surface area (Å²) in [5.74, 6) is -0.655. The van der Waals surface area contributed by atoms with Crippen LogP contribution in [0, 0.1) is 24.2 Å². The van der Waals surface area contributed by atoms with Crippen molar-refractivity contribution in [1.29, 1.82) is 5.26 Å². The van der Waals surface area contributed by atoms with Gasteiger partial charge in [-0.1, -0.05) is 24.6 Å². The van der Waals surface area contributed by atoms with Gasteiger partial charge in [0.05, 0.1) is 6.07 Å². The van der Waals surface area contributed by atoms with Gasteiger partial charge in [0.25, 0.3) is 0 Å². The van der Waals surface area contributed by atoms with Gasteiger partial charge in [0, 0.05) is 12.2 Å². The molecule has 1 unspecified atom stereocenters. The molecule has 1 atom stereocenters. The molecule has 0 saturated heterocycles. The van der Waals surface area contributed by atoms with Gasteiger partial charge in [0.1, 0.15) is 5.92 Å². The molecule has 0 saturated carbocycles. The highest BCUT2D eigenvalue weighted by Crippen LogP contribution is 2.18. The predicted octanol–water partition coefficient (Wildman–Crippen LogP) is 2.90. The van der Waals surface area contributed by atoms with Gasteiger partial charge in [-0.15, -0.1) is 0 Å². The van der Waals surface area contributed by atoms with Crippen LogP contribution in [0.4, 0.5) is 5.69 Å². The van der Waals surface area contributed by atoms with Gasteiger partial charge in [-0.05, 0) is 32.4 Å². The van der Waals surface area contributed by atoms with E-state index in [1.54, 1.807) is 4.90 Å². The van der Waals surface area contributed by atoms with Crippen molar-refractivity contribution in [3.05, 3.63) is 29.8 Å². The van der Waals surface area contributed by atoms with E-state index < -0.39 is 5.92 Å². The maximum atomic E-state index is 12.1. The average Bonchev–Trinajstić information content (AvgIpc) is 2.34. The monoisotopic (exact) mass is 230 g/mol. The van der Waals surface area contributed by atoms with E-state index in [0.717, 1.165) is 11.3 Å². The average molecular weight is 230 g/mol. The Balaban J connectivity index is 2.96. The van der Waals surface area contributed by atoms with Crippen LogP contribution in [0.2, 0.25) is 0 Å². The van der Waals surface area contributed by atoms with Gasteiger partial charge in [0.2, 0.25) is 5.91 Å². The number of hydrogen-bond acceptors (Lipinski definition) is 2. The minimum absolute atomic E-state index is 0.110. The second kappa shape index (κ2) is 6.05. The number of nitriles is 1. The summed E-state index contributed by atoms with van der Waals surface area (Å²) in [7, 11) is 0. The topological polar surface area (TPSA) is 44.1 Å². The van der Waals surface area contributed by atoms with Crippen LogP contribution in [0.3, 0.4) is 0 Å². The first kappa shape index (κ1) is 13.2. The number of carbonyl (C=O) groups is 1. The Morgan fingerprint density at radius 1 is 1.35 bits per heavy atom.